The van der Waals surface area contributed by atoms with Crippen LogP contribution in [0.25, 0.3) is 0 Å². The Bertz CT molecular complexity index is 80.5. The molecule has 47 valence electrons. The second kappa shape index (κ2) is 3.20. The van der Waals surface area contributed by atoms with Gasteiger partial charge in [-0.15, -0.1) is 0 Å². The molecule has 3 heteroatoms. The molecule has 1 aliphatic heterocycles. The predicted molar refractivity (Wildman–Crippen MR) is 34.6 cm³/mol. The van der Waals surface area contributed by atoms with Crippen LogP contribution in [0.5, 0.6) is 0 Å². The number of hydrogen-bond donors (Lipinski definition) is 1. The van der Waals surface area contributed by atoms with Crippen molar-refractivity contribution in [2.45, 2.75) is 12.8 Å². The van der Waals surface area contributed by atoms with Gasteiger partial charge in [0.15, 0.2) is 0 Å². The topological polar surface area (TPSA) is 20.3 Å². The highest BCUT2D eigenvalue weighted by Crippen LogP contribution is 2.04. The third-order valence-corrected chi connectivity index (χ3v) is 1.93. The first kappa shape index (κ1) is 6.23. The third-order valence-electron chi connectivity index (χ3n) is 1.30. The van der Waals surface area contributed by atoms with E-state index in [9.17, 15) is 4.21 Å². The summed E-state index contributed by atoms with van der Waals surface area (Å²) in [6, 6.07) is 0. The molecule has 0 aliphatic carbocycles. The zero-order valence-corrected chi connectivity index (χ0v) is 5.60. The normalized spacial score (nSPS) is 23.5. The van der Waals surface area contributed by atoms with Crippen LogP contribution in [0.2, 0.25) is 0 Å². The SMILES string of the molecule is O=[SH]N1CC[CH]CC1. The van der Waals surface area contributed by atoms with Gasteiger partial charge in [-0.3, -0.25) is 0 Å². The number of piperidine rings is 1. The van der Waals surface area contributed by atoms with Gasteiger partial charge in [-0.2, -0.15) is 0 Å². The standard InChI is InChI=1S/C5H10NOS/c7-8-6-4-2-1-3-5-6/h1,8H,2-5H2. The van der Waals surface area contributed by atoms with Crippen molar-refractivity contribution >= 4 is 11.9 Å². The summed E-state index contributed by atoms with van der Waals surface area (Å²) in [5.41, 5.74) is 0. The fourth-order valence-electron chi connectivity index (χ4n) is 0.818. The largest absolute Gasteiger partial charge is 0.246 e. The monoisotopic (exact) mass is 132 g/mol. The average molecular weight is 132 g/mol. The molecule has 0 aromatic heterocycles. The molecule has 0 amide bonds. The van der Waals surface area contributed by atoms with E-state index >= 15 is 0 Å². The molecule has 0 atom stereocenters. The maximum absolute atomic E-state index is 10.2. The zero-order chi connectivity index (χ0) is 5.82. The molecule has 1 radical (unpaired) electrons. The van der Waals surface area contributed by atoms with E-state index in [2.05, 4.69) is 6.42 Å². The Morgan fingerprint density at radius 2 is 2.00 bits per heavy atom. The quantitative estimate of drug-likeness (QED) is 0.503. The Kier molecular flexibility index (Phi) is 2.49. The molecule has 1 heterocycles. The van der Waals surface area contributed by atoms with Gasteiger partial charge in [-0.05, 0) is 19.3 Å². The summed E-state index contributed by atoms with van der Waals surface area (Å²) >= 11 is 0.190. The van der Waals surface area contributed by atoms with Crippen LogP contribution in [0.3, 0.4) is 0 Å². The maximum Gasteiger partial charge on any atom is 0.0808 e. The van der Waals surface area contributed by atoms with Crippen molar-refractivity contribution in [3.05, 3.63) is 6.42 Å². The lowest BCUT2D eigenvalue weighted by Crippen LogP contribution is -2.25. The molecule has 1 aliphatic rings. The lowest BCUT2D eigenvalue weighted by atomic mass is 10.2. The van der Waals surface area contributed by atoms with Crippen LogP contribution in [-0.4, -0.2) is 21.6 Å². The van der Waals surface area contributed by atoms with Crippen molar-refractivity contribution in [2.75, 3.05) is 13.1 Å². The molecule has 0 N–H and O–H groups in total. The van der Waals surface area contributed by atoms with Crippen LogP contribution in [0.1, 0.15) is 12.8 Å². The number of hydrogen-bond acceptors (Lipinski definition) is 1. The number of nitrogens with zero attached hydrogens (tertiary/aromatic N) is 1. The highest BCUT2D eigenvalue weighted by Gasteiger charge is 2.06. The van der Waals surface area contributed by atoms with Gasteiger partial charge >= 0.3 is 0 Å². The van der Waals surface area contributed by atoms with Gasteiger partial charge in [0, 0.05) is 13.1 Å². The Balaban J connectivity index is 2.22. The molecule has 0 saturated carbocycles. The molecule has 0 spiro atoms. The molecule has 1 fully saturated rings. The lowest BCUT2D eigenvalue weighted by Gasteiger charge is -2.18. The van der Waals surface area contributed by atoms with E-state index in [1.807, 2.05) is 4.31 Å². The van der Waals surface area contributed by atoms with Gasteiger partial charge in [0.1, 0.15) is 0 Å². The van der Waals surface area contributed by atoms with Crippen molar-refractivity contribution in [2.24, 2.45) is 0 Å². The zero-order valence-electron chi connectivity index (χ0n) is 4.71. The van der Waals surface area contributed by atoms with E-state index in [-0.39, 0.29) is 11.9 Å². The lowest BCUT2D eigenvalue weighted by molar-refractivity contribution is 0.418. The van der Waals surface area contributed by atoms with Crippen LogP contribution < -0.4 is 0 Å². The van der Waals surface area contributed by atoms with E-state index in [1.54, 1.807) is 0 Å². The Morgan fingerprint density at radius 1 is 1.38 bits per heavy atom. The van der Waals surface area contributed by atoms with Crippen LogP contribution in [0.15, 0.2) is 0 Å². The van der Waals surface area contributed by atoms with E-state index < -0.39 is 0 Å². The predicted octanol–water partition coefficient (Wildman–Crippen LogP) is 0.147. The molecule has 0 aromatic rings. The van der Waals surface area contributed by atoms with Gasteiger partial charge in [0.2, 0.25) is 0 Å². The van der Waals surface area contributed by atoms with Crippen molar-refractivity contribution in [3.8, 4) is 0 Å². The summed E-state index contributed by atoms with van der Waals surface area (Å²) in [6.07, 6.45) is 4.42. The first-order chi connectivity index (χ1) is 3.93. The molecule has 0 bridgehead atoms. The fraction of sp³-hybridized carbons (Fsp3) is 0.800. The van der Waals surface area contributed by atoms with Crippen molar-refractivity contribution < 1.29 is 4.21 Å². The number of rotatable bonds is 1. The average Bonchev–Trinajstić information content (AvgIpc) is 1.90. The van der Waals surface area contributed by atoms with Crippen LogP contribution in [0.4, 0.5) is 0 Å². The molecule has 2 nitrogen and oxygen atoms in total. The maximum atomic E-state index is 10.2. The Hall–Kier alpha value is 0.110. The summed E-state index contributed by atoms with van der Waals surface area (Å²) in [5.74, 6) is 0. The molecule has 8 heavy (non-hydrogen) atoms. The van der Waals surface area contributed by atoms with Gasteiger partial charge in [0.25, 0.3) is 0 Å². The highest BCUT2D eigenvalue weighted by atomic mass is 32.2. The summed E-state index contributed by atoms with van der Waals surface area (Å²) in [4.78, 5) is 0. The van der Waals surface area contributed by atoms with Gasteiger partial charge in [0.05, 0.1) is 11.9 Å². The minimum absolute atomic E-state index is 0.190. The molecule has 1 saturated heterocycles. The number of thiol groups is 1. The van der Waals surface area contributed by atoms with Gasteiger partial charge in [-0.1, -0.05) is 0 Å². The fourth-order valence-corrected chi connectivity index (χ4v) is 1.21. The van der Waals surface area contributed by atoms with E-state index in [4.69, 9.17) is 0 Å². The minimum atomic E-state index is 0.190. The first-order valence-electron chi connectivity index (χ1n) is 2.83. The van der Waals surface area contributed by atoms with Crippen LogP contribution >= 0.6 is 0 Å². The van der Waals surface area contributed by atoms with Crippen molar-refractivity contribution in [1.82, 2.24) is 4.31 Å². The molecular weight excluding hydrogens is 122 g/mol. The van der Waals surface area contributed by atoms with Crippen LogP contribution in [-0.2, 0) is 11.9 Å². The minimum Gasteiger partial charge on any atom is -0.246 e. The smallest absolute Gasteiger partial charge is 0.0808 e. The molecule has 0 unspecified atom stereocenters. The second-order valence-electron chi connectivity index (χ2n) is 1.90. The van der Waals surface area contributed by atoms with E-state index in [0.29, 0.717) is 0 Å². The molecule has 0 aromatic carbocycles. The van der Waals surface area contributed by atoms with Crippen LogP contribution in [0, 0.1) is 6.42 Å². The molecule has 1 rings (SSSR count). The van der Waals surface area contributed by atoms with Gasteiger partial charge < -0.3 is 0 Å². The summed E-state index contributed by atoms with van der Waals surface area (Å²) < 4.78 is 12.1. The van der Waals surface area contributed by atoms with E-state index in [0.717, 1.165) is 25.9 Å². The Labute approximate surface area is 53.5 Å². The third kappa shape index (κ3) is 1.56. The second-order valence-corrected chi connectivity index (χ2v) is 2.63. The van der Waals surface area contributed by atoms with Crippen molar-refractivity contribution in [1.29, 1.82) is 0 Å². The van der Waals surface area contributed by atoms with Gasteiger partial charge in [-0.25, -0.2) is 8.51 Å². The summed E-state index contributed by atoms with van der Waals surface area (Å²) in [7, 11) is 0. The van der Waals surface area contributed by atoms with Crippen molar-refractivity contribution in [3.63, 3.8) is 0 Å². The summed E-state index contributed by atoms with van der Waals surface area (Å²) in [6.45, 7) is 1.93. The molecular formula is C5H10NOS. The first-order valence-corrected chi connectivity index (χ1v) is 3.60. The Morgan fingerprint density at radius 3 is 2.38 bits per heavy atom. The highest BCUT2D eigenvalue weighted by molar-refractivity contribution is 7.62. The summed E-state index contributed by atoms with van der Waals surface area (Å²) in [5, 5.41) is 0. The van der Waals surface area contributed by atoms with E-state index in [1.165, 1.54) is 0 Å².